The number of amides is 1. The van der Waals surface area contributed by atoms with Gasteiger partial charge in [-0.2, -0.15) is 0 Å². The van der Waals surface area contributed by atoms with Gasteiger partial charge in [0.2, 0.25) is 5.91 Å². The first-order valence-electron chi connectivity index (χ1n) is 7.24. The van der Waals surface area contributed by atoms with E-state index >= 15 is 0 Å². The summed E-state index contributed by atoms with van der Waals surface area (Å²) < 4.78 is 31.8. The van der Waals surface area contributed by atoms with Crippen LogP contribution in [-0.2, 0) is 11.2 Å². The molecular formula is C17H13F2N3O2. The number of hydrogen-bond donors (Lipinski definition) is 1. The van der Waals surface area contributed by atoms with Crippen LogP contribution >= 0.6 is 0 Å². The van der Waals surface area contributed by atoms with E-state index < -0.39 is 11.6 Å². The highest BCUT2D eigenvalue weighted by Gasteiger charge is 2.15. The Balaban J connectivity index is 1.62. The Morgan fingerprint density at radius 1 is 1.08 bits per heavy atom. The van der Waals surface area contributed by atoms with Crippen LogP contribution < -0.4 is 5.32 Å². The first-order chi connectivity index (χ1) is 11.6. The lowest BCUT2D eigenvalue weighted by Crippen LogP contribution is -2.12. The van der Waals surface area contributed by atoms with Gasteiger partial charge in [0.1, 0.15) is 11.6 Å². The highest BCUT2D eigenvalue weighted by molar-refractivity contribution is 5.88. The average molecular weight is 329 g/mol. The maximum Gasteiger partial charge on any atom is 0.322 e. The van der Waals surface area contributed by atoms with Crippen LogP contribution in [-0.4, -0.2) is 16.1 Å². The summed E-state index contributed by atoms with van der Waals surface area (Å²) in [6, 6.07) is 12.4. The topological polar surface area (TPSA) is 68.0 Å². The van der Waals surface area contributed by atoms with Crippen LogP contribution in [0.2, 0.25) is 0 Å². The van der Waals surface area contributed by atoms with Gasteiger partial charge in [0.25, 0.3) is 5.89 Å². The molecule has 7 heteroatoms. The van der Waals surface area contributed by atoms with Crippen LogP contribution in [0.25, 0.3) is 11.5 Å². The summed E-state index contributed by atoms with van der Waals surface area (Å²) in [6.07, 6.45) is 0.812. The molecule has 0 saturated heterocycles. The summed E-state index contributed by atoms with van der Waals surface area (Å²) in [6.45, 7) is 0. The van der Waals surface area contributed by atoms with Crippen molar-refractivity contribution in [3.8, 4) is 11.5 Å². The Kier molecular flexibility index (Phi) is 4.60. The van der Waals surface area contributed by atoms with Crippen molar-refractivity contribution in [2.75, 3.05) is 5.32 Å². The molecule has 1 N–H and O–H groups in total. The molecule has 2 aromatic carbocycles. The van der Waals surface area contributed by atoms with Gasteiger partial charge in [0, 0.05) is 12.5 Å². The lowest BCUT2D eigenvalue weighted by atomic mass is 10.1. The molecule has 24 heavy (non-hydrogen) atoms. The van der Waals surface area contributed by atoms with Gasteiger partial charge in [-0.1, -0.05) is 35.4 Å². The van der Waals surface area contributed by atoms with Crippen molar-refractivity contribution < 1.29 is 18.0 Å². The minimum Gasteiger partial charge on any atom is -0.403 e. The number of benzene rings is 2. The second-order valence-electron chi connectivity index (χ2n) is 5.07. The molecule has 0 radical (unpaired) electrons. The molecule has 0 aliphatic rings. The van der Waals surface area contributed by atoms with Crippen LogP contribution in [0.4, 0.5) is 14.8 Å². The van der Waals surface area contributed by atoms with Crippen LogP contribution in [0, 0.1) is 11.6 Å². The molecule has 3 aromatic rings. The van der Waals surface area contributed by atoms with Crippen molar-refractivity contribution in [2.24, 2.45) is 0 Å². The standard InChI is InChI=1S/C17H13F2N3O2/c18-12-7-8-13(14(19)10-12)16-21-22-17(24-16)20-15(23)9-6-11-4-2-1-3-5-11/h1-5,7-8,10H,6,9H2,(H,20,22,23). The maximum atomic E-state index is 13.7. The van der Waals surface area contributed by atoms with E-state index in [4.69, 9.17) is 4.42 Å². The maximum absolute atomic E-state index is 13.7. The molecule has 0 atom stereocenters. The minimum absolute atomic E-state index is 0.0336. The Morgan fingerprint density at radius 3 is 2.62 bits per heavy atom. The van der Waals surface area contributed by atoms with Crippen molar-refractivity contribution in [1.29, 1.82) is 0 Å². The zero-order chi connectivity index (χ0) is 16.9. The fraction of sp³-hybridized carbons (Fsp3) is 0.118. The van der Waals surface area contributed by atoms with Gasteiger partial charge in [-0.15, -0.1) is 5.10 Å². The number of aryl methyl sites for hydroxylation is 1. The molecule has 0 fully saturated rings. The Hall–Kier alpha value is -3.09. The summed E-state index contributed by atoms with van der Waals surface area (Å²) >= 11 is 0. The SMILES string of the molecule is O=C(CCc1ccccc1)Nc1nnc(-c2ccc(F)cc2F)o1. The van der Waals surface area contributed by atoms with Crippen molar-refractivity contribution in [3.05, 3.63) is 65.7 Å². The first kappa shape index (κ1) is 15.8. The summed E-state index contributed by atoms with van der Waals surface area (Å²) in [5, 5.41) is 9.75. The number of nitrogens with one attached hydrogen (secondary N) is 1. The Morgan fingerprint density at radius 2 is 1.88 bits per heavy atom. The molecule has 0 unspecified atom stereocenters. The van der Waals surface area contributed by atoms with Crippen molar-refractivity contribution in [2.45, 2.75) is 12.8 Å². The Bertz CT molecular complexity index is 850. The molecule has 0 saturated carbocycles. The van der Waals surface area contributed by atoms with Crippen LogP contribution in [0.15, 0.2) is 52.9 Å². The smallest absolute Gasteiger partial charge is 0.322 e. The number of halogens is 2. The Labute approximate surface area is 136 Å². The predicted octanol–water partition coefficient (Wildman–Crippen LogP) is 3.59. The molecular weight excluding hydrogens is 316 g/mol. The number of carbonyl (C=O) groups excluding carboxylic acids is 1. The molecule has 1 heterocycles. The summed E-state index contributed by atoms with van der Waals surface area (Å²) in [4.78, 5) is 11.9. The van der Waals surface area contributed by atoms with Gasteiger partial charge in [0.15, 0.2) is 0 Å². The molecule has 0 spiro atoms. The zero-order valence-electron chi connectivity index (χ0n) is 12.5. The number of anilines is 1. The van der Waals surface area contributed by atoms with E-state index in [9.17, 15) is 13.6 Å². The van der Waals surface area contributed by atoms with E-state index in [1.807, 2.05) is 30.3 Å². The monoisotopic (exact) mass is 329 g/mol. The van der Waals surface area contributed by atoms with Gasteiger partial charge in [0.05, 0.1) is 5.56 Å². The van der Waals surface area contributed by atoms with Crippen molar-refractivity contribution >= 4 is 11.9 Å². The molecule has 122 valence electrons. The average Bonchev–Trinajstić information content (AvgIpc) is 3.02. The van der Waals surface area contributed by atoms with E-state index in [-0.39, 0.29) is 29.8 Å². The molecule has 3 rings (SSSR count). The van der Waals surface area contributed by atoms with Crippen LogP contribution in [0.3, 0.4) is 0 Å². The summed E-state index contributed by atoms with van der Waals surface area (Å²) in [5.74, 6) is -1.95. The second kappa shape index (κ2) is 6.99. The van der Waals surface area contributed by atoms with Crippen LogP contribution in [0.5, 0.6) is 0 Å². The lowest BCUT2D eigenvalue weighted by Gasteiger charge is -2.01. The zero-order valence-corrected chi connectivity index (χ0v) is 12.5. The number of rotatable bonds is 5. The molecule has 0 bridgehead atoms. The highest BCUT2D eigenvalue weighted by atomic mass is 19.1. The van der Waals surface area contributed by atoms with Crippen molar-refractivity contribution in [1.82, 2.24) is 10.2 Å². The van der Waals surface area contributed by atoms with Crippen molar-refractivity contribution in [3.63, 3.8) is 0 Å². The van der Waals surface area contributed by atoms with Gasteiger partial charge >= 0.3 is 6.01 Å². The minimum atomic E-state index is -0.819. The second-order valence-corrected chi connectivity index (χ2v) is 5.07. The van der Waals surface area contributed by atoms with E-state index in [0.717, 1.165) is 17.7 Å². The first-order valence-corrected chi connectivity index (χ1v) is 7.24. The quantitative estimate of drug-likeness (QED) is 0.777. The number of aromatic nitrogens is 2. The number of hydrogen-bond acceptors (Lipinski definition) is 4. The molecule has 1 amide bonds. The third kappa shape index (κ3) is 3.81. The third-order valence-corrected chi connectivity index (χ3v) is 3.32. The van der Waals surface area contributed by atoms with E-state index in [1.54, 1.807) is 0 Å². The van der Waals surface area contributed by atoms with Gasteiger partial charge < -0.3 is 4.42 Å². The van der Waals surface area contributed by atoms with E-state index in [2.05, 4.69) is 15.5 Å². The van der Waals surface area contributed by atoms with E-state index in [1.165, 1.54) is 6.07 Å². The highest BCUT2D eigenvalue weighted by Crippen LogP contribution is 2.23. The van der Waals surface area contributed by atoms with E-state index in [0.29, 0.717) is 6.42 Å². The normalized spacial score (nSPS) is 10.6. The number of carbonyl (C=O) groups is 1. The molecule has 1 aromatic heterocycles. The molecule has 5 nitrogen and oxygen atoms in total. The van der Waals surface area contributed by atoms with Crippen LogP contribution in [0.1, 0.15) is 12.0 Å². The summed E-state index contributed by atoms with van der Waals surface area (Å²) in [7, 11) is 0. The predicted molar refractivity (Wildman–Crippen MR) is 83.0 cm³/mol. The van der Waals surface area contributed by atoms with Gasteiger partial charge in [-0.25, -0.2) is 8.78 Å². The van der Waals surface area contributed by atoms with Gasteiger partial charge in [-0.05, 0) is 24.1 Å². The van der Waals surface area contributed by atoms with Gasteiger partial charge in [-0.3, -0.25) is 10.1 Å². The largest absolute Gasteiger partial charge is 0.403 e. The summed E-state index contributed by atoms with van der Waals surface area (Å²) in [5.41, 5.74) is 1.00. The fourth-order valence-corrected chi connectivity index (χ4v) is 2.13. The lowest BCUT2D eigenvalue weighted by molar-refractivity contribution is -0.116. The third-order valence-electron chi connectivity index (χ3n) is 3.32. The molecule has 0 aliphatic carbocycles. The molecule has 0 aliphatic heterocycles. The number of nitrogens with zero attached hydrogens (tertiary/aromatic N) is 2. The fourth-order valence-electron chi connectivity index (χ4n) is 2.13.